The van der Waals surface area contributed by atoms with E-state index in [1.54, 1.807) is 0 Å². The van der Waals surface area contributed by atoms with Crippen LogP contribution in [-0.4, -0.2) is 43.6 Å². The fraction of sp³-hybridized carbons (Fsp3) is 0.476. The number of H-pyrrole nitrogens is 1. The second-order valence-corrected chi connectivity index (χ2v) is 8.21. The fourth-order valence-electron chi connectivity index (χ4n) is 4.56. The van der Waals surface area contributed by atoms with E-state index in [9.17, 15) is 4.79 Å². The Bertz CT molecular complexity index is 1040. The average molecular weight is 363 g/mol. The molecule has 1 aromatic carbocycles. The lowest BCUT2D eigenvalue weighted by Gasteiger charge is -2.39. The van der Waals surface area contributed by atoms with Gasteiger partial charge in [0.15, 0.2) is 0 Å². The molecule has 1 N–H and O–H groups in total. The summed E-state index contributed by atoms with van der Waals surface area (Å²) in [5, 5.41) is 5.68. The van der Waals surface area contributed by atoms with Crippen molar-refractivity contribution in [3.05, 3.63) is 46.7 Å². The Hall–Kier alpha value is -2.63. The molecule has 6 heteroatoms. The first-order valence-corrected chi connectivity index (χ1v) is 9.82. The van der Waals surface area contributed by atoms with Crippen LogP contribution in [0.25, 0.3) is 10.9 Å². The number of amides is 1. The molecule has 0 saturated carbocycles. The highest BCUT2D eigenvalue weighted by Gasteiger charge is 2.34. The van der Waals surface area contributed by atoms with Gasteiger partial charge in [-0.3, -0.25) is 4.79 Å². The number of likely N-dealkylation sites (tertiary alicyclic amines) is 1. The number of aromatic nitrogens is 4. The van der Waals surface area contributed by atoms with E-state index < -0.39 is 0 Å². The number of hydrogen-bond acceptors (Lipinski definition) is 3. The molecule has 3 aromatic rings. The van der Waals surface area contributed by atoms with Crippen molar-refractivity contribution in [3.63, 3.8) is 0 Å². The van der Waals surface area contributed by atoms with Crippen LogP contribution in [-0.2, 0) is 12.8 Å². The zero-order valence-electron chi connectivity index (χ0n) is 16.1. The van der Waals surface area contributed by atoms with E-state index in [0.717, 1.165) is 35.6 Å². The lowest BCUT2D eigenvalue weighted by Crippen LogP contribution is -2.51. The van der Waals surface area contributed by atoms with E-state index in [-0.39, 0.29) is 11.9 Å². The van der Waals surface area contributed by atoms with Crippen LogP contribution in [0.3, 0.4) is 0 Å². The van der Waals surface area contributed by atoms with Crippen LogP contribution in [0.5, 0.6) is 0 Å². The van der Waals surface area contributed by atoms with Crippen molar-refractivity contribution >= 4 is 16.8 Å². The third kappa shape index (κ3) is 2.66. The van der Waals surface area contributed by atoms with Gasteiger partial charge in [-0.05, 0) is 62.8 Å². The van der Waals surface area contributed by atoms with Crippen LogP contribution in [0.4, 0.5) is 0 Å². The summed E-state index contributed by atoms with van der Waals surface area (Å²) >= 11 is 0. The van der Waals surface area contributed by atoms with E-state index in [4.69, 9.17) is 0 Å². The summed E-state index contributed by atoms with van der Waals surface area (Å²) in [5.74, 6) is 2.52. The maximum Gasteiger partial charge on any atom is 0.254 e. The Balaban J connectivity index is 1.37. The van der Waals surface area contributed by atoms with Gasteiger partial charge in [0.2, 0.25) is 0 Å². The minimum atomic E-state index is 0.112. The molecule has 1 atom stereocenters. The molecule has 0 radical (unpaired) electrons. The first-order chi connectivity index (χ1) is 13.0. The molecule has 0 bridgehead atoms. The Kier molecular flexibility index (Phi) is 3.64. The summed E-state index contributed by atoms with van der Waals surface area (Å²) in [6.07, 6.45) is 3.45. The average Bonchev–Trinajstić information content (AvgIpc) is 3.12. The van der Waals surface area contributed by atoms with Gasteiger partial charge in [0.1, 0.15) is 11.6 Å². The summed E-state index contributed by atoms with van der Waals surface area (Å²) in [5.41, 5.74) is 4.70. The molecule has 0 spiro atoms. The number of rotatable bonds is 2. The monoisotopic (exact) mass is 363 g/mol. The van der Waals surface area contributed by atoms with Crippen LogP contribution in [0.15, 0.2) is 18.2 Å². The van der Waals surface area contributed by atoms with Gasteiger partial charge in [0.05, 0.1) is 6.04 Å². The maximum absolute atomic E-state index is 13.0. The Labute approximate surface area is 158 Å². The third-order valence-electron chi connectivity index (χ3n) is 6.08. The number of nitrogens with one attached hydrogen (secondary N) is 1. The molecule has 2 aliphatic rings. The predicted molar refractivity (Wildman–Crippen MR) is 104 cm³/mol. The fourth-order valence-corrected chi connectivity index (χ4v) is 4.56. The summed E-state index contributed by atoms with van der Waals surface area (Å²) in [4.78, 5) is 22.8. The zero-order valence-corrected chi connectivity index (χ0v) is 16.1. The molecule has 140 valence electrons. The molecule has 3 heterocycles. The van der Waals surface area contributed by atoms with Gasteiger partial charge < -0.3 is 9.88 Å². The molecule has 1 amide bonds. The Morgan fingerprint density at radius 2 is 2.07 bits per heavy atom. The normalized spacial score (nSPS) is 20.0. The van der Waals surface area contributed by atoms with Gasteiger partial charge in [-0.25, -0.2) is 9.67 Å². The van der Waals surface area contributed by atoms with Crippen molar-refractivity contribution in [2.75, 3.05) is 13.1 Å². The smallest absolute Gasteiger partial charge is 0.254 e. The number of carbonyl (C=O) groups excluding carboxylic acids is 1. The summed E-state index contributed by atoms with van der Waals surface area (Å²) in [7, 11) is 0. The number of benzene rings is 1. The quantitative estimate of drug-likeness (QED) is 0.760. The van der Waals surface area contributed by atoms with Crippen molar-refractivity contribution in [1.29, 1.82) is 0 Å². The molecule has 1 saturated heterocycles. The van der Waals surface area contributed by atoms with Gasteiger partial charge in [0, 0.05) is 35.2 Å². The number of carbonyl (C=O) groups is 1. The maximum atomic E-state index is 13.0. The van der Waals surface area contributed by atoms with Crippen LogP contribution >= 0.6 is 0 Å². The summed E-state index contributed by atoms with van der Waals surface area (Å²) < 4.78 is 1.95. The molecule has 1 unspecified atom stereocenters. The Morgan fingerprint density at radius 1 is 1.26 bits per heavy atom. The highest BCUT2D eigenvalue weighted by Crippen LogP contribution is 2.33. The SMILES string of the molecule is Cc1nc(C)n(C2CN(C(=O)c3ccc4[nH]c5c(c4c3)CC(C)CC5)C2)n1. The van der Waals surface area contributed by atoms with Gasteiger partial charge in [0.25, 0.3) is 5.91 Å². The van der Waals surface area contributed by atoms with Gasteiger partial charge in [-0.15, -0.1) is 0 Å². The molecule has 2 aromatic heterocycles. The molecular formula is C21H25N5O. The molecule has 5 rings (SSSR count). The van der Waals surface area contributed by atoms with Crippen LogP contribution in [0.2, 0.25) is 0 Å². The lowest BCUT2D eigenvalue weighted by molar-refractivity contribution is 0.0497. The first kappa shape index (κ1) is 16.5. The van der Waals surface area contributed by atoms with E-state index in [1.165, 1.54) is 23.1 Å². The topological polar surface area (TPSA) is 66.8 Å². The van der Waals surface area contributed by atoms with Crippen LogP contribution < -0.4 is 0 Å². The molecule has 27 heavy (non-hydrogen) atoms. The highest BCUT2D eigenvalue weighted by molar-refractivity contribution is 5.99. The number of fused-ring (bicyclic) bond motifs is 3. The summed E-state index contributed by atoms with van der Waals surface area (Å²) in [6, 6.07) is 6.34. The van der Waals surface area contributed by atoms with Crippen LogP contribution in [0.1, 0.15) is 52.7 Å². The predicted octanol–water partition coefficient (Wildman–Crippen LogP) is 3.20. The highest BCUT2D eigenvalue weighted by atomic mass is 16.2. The molecule has 6 nitrogen and oxygen atoms in total. The number of hydrogen-bond donors (Lipinski definition) is 1. The minimum absolute atomic E-state index is 0.112. The first-order valence-electron chi connectivity index (χ1n) is 9.82. The number of aromatic amines is 1. The van der Waals surface area contributed by atoms with Crippen molar-refractivity contribution in [2.24, 2.45) is 5.92 Å². The minimum Gasteiger partial charge on any atom is -0.358 e. The molecule has 1 fully saturated rings. The lowest BCUT2D eigenvalue weighted by atomic mass is 9.87. The second kappa shape index (κ2) is 5.94. The van der Waals surface area contributed by atoms with Crippen molar-refractivity contribution in [2.45, 2.75) is 46.1 Å². The molecule has 1 aliphatic heterocycles. The van der Waals surface area contributed by atoms with E-state index in [2.05, 4.69) is 34.1 Å². The van der Waals surface area contributed by atoms with Crippen molar-refractivity contribution < 1.29 is 4.79 Å². The second-order valence-electron chi connectivity index (χ2n) is 8.21. The zero-order chi connectivity index (χ0) is 18.7. The third-order valence-corrected chi connectivity index (χ3v) is 6.08. The van der Waals surface area contributed by atoms with E-state index in [0.29, 0.717) is 19.0 Å². The van der Waals surface area contributed by atoms with Gasteiger partial charge >= 0.3 is 0 Å². The Morgan fingerprint density at radius 3 is 2.81 bits per heavy atom. The summed E-state index contributed by atoms with van der Waals surface area (Å²) in [6.45, 7) is 7.57. The van der Waals surface area contributed by atoms with Crippen molar-refractivity contribution in [1.82, 2.24) is 24.6 Å². The standard InChI is InChI=1S/C21H25N5O/c1-12-4-6-19-17(8-12)18-9-15(5-7-20(18)23-19)21(27)25-10-16(11-25)26-14(3)22-13(2)24-26/h5,7,9,12,16,23H,4,6,8,10-11H2,1-3H3. The molecular weight excluding hydrogens is 338 g/mol. The molecule has 1 aliphatic carbocycles. The van der Waals surface area contributed by atoms with Gasteiger partial charge in [-0.2, -0.15) is 5.10 Å². The van der Waals surface area contributed by atoms with Crippen LogP contribution in [0, 0.1) is 19.8 Å². The van der Waals surface area contributed by atoms with E-state index in [1.807, 2.05) is 29.5 Å². The largest absolute Gasteiger partial charge is 0.358 e. The van der Waals surface area contributed by atoms with Gasteiger partial charge in [-0.1, -0.05) is 6.92 Å². The number of aryl methyl sites for hydroxylation is 3. The van der Waals surface area contributed by atoms with E-state index >= 15 is 0 Å². The van der Waals surface area contributed by atoms with Crippen molar-refractivity contribution in [3.8, 4) is 0 Å². The number of nitrogens with zero attached hydrogens (tertiary/aromatic N) is 4.